The number of nitrogens with one attached hydrogen (secondary N) is 1. The van der Waals surface area contributed by atoms with Crippen LogP contribution in [0.25, 0.3) is 0 Å². The largest absolute Gasteiger partial charge is 0.306 e. The number of thiazole rings is 1. The number of aromatic nitrogens is 1. The van der Waals surface area contributed by atoms with E-state index in [1.165, 1.54) is 11.3 Å². The number of rotatable bonds is 2. The van der Waals surface area contributed by atoms with E-state index in [9.17, 15) is 0 Å². The van der Waals surface area contributed by atoms with Gasteiger partial charge in [0.05, 0.1) is 0 Å². The highest BCUT2D eigenvalue weighted by Gasteiger charge is 2.23. The maximum Gasteiger partial charge on any atom is 0.285 e. The molecule has 62 valence electrons. The molecule has 0 saturated heterocycles. The molecule has 3 N–H and O–H groups in total. The topological polar surface area (TPSA) is 75.7 Å². The van der Waals surface area contributed by atoms with Crippen LogP contribution in [0.1, 0.15) is 0 Å². The summed E-state index contributed by atoms with van der Waals surface area (Å²) in [5, 5.41) is 5.46. The lowest BCUT2D eigenvalue weighted by Gasteiger charge is -2.17. The zero-order valence-corrected chi connectivity index (χ0v) is 6.95. The first-order chi connectivity index (χ1) is 5.79. The van der Waals surface area contributed by atoms with Crippen LogP contribution in [-0.4, -0.2) is 23.3 Å². The van der Waals surface area contributed by atoms with Gasteiger partial charge in [-0.05, 0) is 0 Å². The molecule has 0 aliphatic carbocycles. The third-order valence-corrected chi connectivity index (χ3v) is 2.02. The van der Waals surface area contributed by atoms with Crippen LogP contribution < -0.4 is 11.1 Å². The van der Waals surface area contributed by atoms with Crippen LogP contribution in [0.2, 0.25) is 0 Å². The number of anilines is 1. The van der Waals surface area contributed by atoms with Gasteiger partial charge in [0.1, 0.15) is 0 Å². The maximum absolute atomic E-state index is 5.71. The van der Waals surface area contributed by atoms with Gasteiger partial charge in [-0.1, -0.05) is 0 Å². The predicted octanol–water partition coefficient (Wildman–Crippen LogP) is 0.280. The molecule has 0 spiro atoms. The minimum absolute atomic E-state index is 0.716. The smallest absolute Gasteiger partial charge is 0.285 e. The van der Waals surface area contributed by atoms with E-state index >= 15 is 0 Å². The van der Waals surface area contributed by atoms with Crippen molar-refractivity contribution in [3.8, 4) is 0 Å². The molecule has 0 atom stereocenters. The van der Waals surface area contributed by atoms with E-state index in [1.54, 1.807) is 18.6 Å². The number of aliphatic imine (C=N–C) groups is 2. The Balaban J connectivity index is 2.13. The lowest BCUT2D eigenvalue weighted by molar-refractivity contribution is 0.553. The molecule has 0 fully saturated rings. The van der Waals surface area contributed by atoms with Gasteiger partial charge in [-0.15, -0.1) is 11.3 Å². The normalized spacial score (nSPS) is 18.4. The van der Waals surface area contributed by atoms with Crippen molar-refractivity contribution in [2.75, 3.05) is 5.32 Å². The van der Waals surface area contributed by atoms with Gasteiger partial charge in [-0.2, -0.15) is 0 Å². The highest BCUT2D eigenvalue weighted by molar-refractivity contribution is 7.13. The average Bonchev–Trinajstić information content (AvgIpc) is 2.62. The SMILES string of the molecule is NC1(Nc2nccs2)N=CC=N1. The number of nitrogens with zero attached hydrogens (tertiary/aromatic N) is 3. The Bertz CT molecular complexity index is 303. The Kier molecular flexibility index (Phi) is 1.63. The fraction of sp³-hybridized carbons (Fsp3) is 0.167. The second-order valence-electron chi connectivity index (χ2n) is 2.24. The van der Waals surface area contributed by atoms with Crippen LogP contribution in [-0.2, 0) is 0 Å². The van der Waals surface area contributed by atoms with Crippen LogP contribution in [0.15, 0.2) is 21.6 Å². The summed E-state index contributed by atoms with van der Waals surface area (Å²) in [6, 6.07) is 0. The van der Waals surface area contributed by atoms with Gasteiger partial charge < -0.3 is 5.32 Å². The predicted molar refractivity (Wildman–Crippen MR) is 49.6 cm³/mol. The van der Waals surface area contributed by atoms with Gasteiger partial charge in [0.25, 0.3) is 5.91 Å². The molecule has 6 heteroatoms. The van der Waals surface area contributed by atoms with Crippen molar-refractivity contribution < 1.29 is 0 Å². The first-order valence-electron chi connectivity index (χ1n) is 3.34. The molecule has 0 radical (unpaired) electrons. The van der Waals surface area contributed by atoms with Crippen molar-refractivity contribution >= 4 is 28.9 Å². The van der Waals surface area contributed by atoms with E-state index in [1.807, 2.05) is 5.38 Å². The van der Waals surface area contributed by atoms with Crippen LogP contribution >= 0.6 is 11.3 Å². The first kappa shape index (κ1) is 7.38. The zero-order valence-electron chi connectivity index (χ0n) is 6.14. The first-order valence-corrected chi connectivity index (χ1v) is 4.22. The van der Waals surface area contributed by atoms with Gasteiger partial charge >= 0.3 is 0 Å². The van der Waals surface area contributed by atoms with Crippen molar-refractivity contribution in [1.29, 1.82) is 0 Å². The minimum Gasteiger partial charge on any atom is -0.306 e. The number of nitrogens with two attached hydrogens (primary N) is 1. The summed E-state index contributed by atoms with van der Waals surface area (Å²) in [6.07, 6.45) is 4.81. The molecule has 1 aliphatic rings. The maximum atomic E-state index is 5.71. The number of hydrogen-bond donors (Lipinski definition) is 2. The molecule has 12 heavy (non-hydrogen) atoms. The van der Waals surface area contributed by atoms with Crippen molar-refractivity contribution in [1.82, 2.24) is 4.98 Å². The molecule has 1 aliphatic heterocycles. The molecule has 0 amide bonds. The van der Waals surface area contributed by atoms with Gasteiger partial charge in [-0.3, -0.25) is 5.73 Å². The summed E-state index contributed by atoms with van der Waals surface area (Å²) >= 11 is 1.46. The molecule has 1 aromatic heterocycles. The number of hydrogen-bond acceptors (Lipinski definition) is 6. The molecule has 0 aromatic carbocycles. The highest BCUT2D eigenvalue weighted by Crippen LogP contribution is 2.17. The summed E-state index contributed by atoms with van der Waals surface area (Å²) in [4.78, 5) is 11.9. The van der Waals surface area contributed by atoms with Crippen LogP contribution in [0.3, 0.4) is 0 Å². The second kappa shape index (κ2) is 2.65. The van der Waals surface area contributed by atoms with E-state index in [-0.39, 0.29) is 0 Å². The van der Waals surface area contributed by atoms with E-state index in [0.717, 1.165) is 0 Å². The summed E-state index contributed by atoms with van der Waals surface area (Å²) in [5.74, 6) is -1.04. The molecule has 2 heterocycles. The van der Waals surface area contributed by atoms with E-state index < -0.39 is 5.91 Å². The standard InChI is InChI=1S/C6H7N5S/c7-6(9-1-2-10-6)11-5-8-3-4-12-5/h1-4H,7H2,(H,8,11). The Labute approximate surface area is 73.1 Å². The fourth-order valence-electron chi connectivity index (χ4n) is 0.834. The molecule has 0 unspecified atom stereocenters. The van der Waals surface area contributed by atoms with E-state index in [4.69, 9.17) is 5.73 Å². The minimum atomic E-state index is -1.04. The van der Waals surface area contributed by atoms with Crippen LogP contribution in [0.5, 0.6) is 0 Å². The highest BCUT2D eigenvalue weighted by atomic mass is 32.1. The van der Waals surface area contributed by atoms with Crippen molar-refractivity contribution in [3.05, 3.63) is 11.6 Å². The summed E-state index contributed by atoms with van der Waals surface area (Å²) in [5.41, 5.74) is 5.71. The quantitative estimate of drug-likeness (QED) is 0.643. The van der Waals surface area contributed by atoms with Gasteiger partial charge in [0.15, 0.2) is 5.13 Å². The average molecular weight is 181 g/mol. The van der Waals surface area contributed by atoms with E-state index in [2.05, 4.69) is 20.3 Å². The van der Waals surface area contributed by atoms with Gasteiger partial charge in [0.2, 0.25) is 0 Å². The van der Waals surface area contributed by atoms with Crippen molar-refractivity contribution in [2.24, 2.45) is 15.7 Å². The Morgan fingerprint density at radius 3 is 2.75 bits per heavy atom. The molecule has 2 rings (SSSR count). The van der Waals surface area contributed by atoms with E-state index in [0.29, 0.717) is 5.13 Å². The fourth-order valence-corrected chi connectivity index (χ4v) is 1.42. The molecular formula is C6H7N5S. The van der Waals surface area contributed by atoms with Crippen molar-refractivity contribution in [2.45, 2.75) is 5.91 Å². The third kappa shape index (κ3) is 1.34. The molecule has 5 nitrogen and oxygen atoms in total. The third-order valence-electron chi connectivity index (χ3n) is 1.33. The zero-order chi connectivity index (χ0) is 8.44. The Hall–Kier alpha value is -1.27. The monoisotopic (exact) mass is 181 g/mol. The summed E-state index contributed by atoms with van der Waals surface area (Å²) in [7, 11) is 0. The lowest BCUT2D eigenvalue weighted by atomic mass is 10.7. The molecule has 0 bridgehead atoms. The van der Waals surface area contributed by atoms with Gasteiger partial charge in [0, 0.05) is 24.0 Å². The Morgan fingerprint density at radius 2 is 2.17 bits per heavy atom. The van der Waals surface area contributed by atoms with Crippen molar-refractivity contribution in [3.63, 3.8) is 0 Å². The molecule has 0 saturated carbocycles. The van der Waals surface area contributed by atoms with Crippen LogP contribution in [0.4, 0.5) is 5.13 Å². The lowest BCUT2D eigenvalue weighted by Crippen LogP contribution is -2.42. The summed E-state index contributed by atoms with van der Waals surface area (Å²) < 4.78 is 0. The summed E-state index contributed by atoms with van der Waals surface area (Å²) in [6.45, 7) is 0. The second-order valence-corrected chi connectivity index (χ2v) is 3.14. The molecular weight excluding hydrogens is 174 g/mol. The van der Waals surface area contributed by atoms with Crippen LogP contribution in [0, 0.1) is 0 Å². The Morgan fingerprint density at radius 1 is 1.42 bits per heavy atom. The molecule has 1 aromatic rings. The van der Waals surface area contributed by atoms with Gasteiger partial charge in [-0.25, -0.2) is 15.0 Å².